The highest BCUT2D eigenvalue weighted by molar-refractivity contribution is 5.73. The number of carboxylic acids is 1. The maximum Gasteiger partial charge on any atom is 0.333 e. The predicted molar refractivity (Wildman–Crippen MR) is 87.3 cm³/mol. The quantitative estimate of drug-likeness (QED) is 0.334. The number of aliphatic carboxylic acids is 1. The number of ether oxygens (including phenoxy) is 4. The van der Waals surface area contributed by atoms with Crippen molar-refractivity contribution in [3.8, 4) is 0 Å². The highest BCUT2D eigenvalue weighted by Crippen LogP contribution is 2.31. The Morgan fingerprint density at radius 2 is 1.93 bits per heavy atom. The molecule has 1 amide bonds. The lowest BCUT2D eigenvalue weighted by Crippen LogP contribution is -2.66. The summed E-state index contributed by atoms with van der Waals surface area (Å²) in [6.45, 7) is 2.28. The summed E-state index contributed by atoms with van der Waals surface area (Å²) >= 11 is 0. The van der Waals surface area contributed by atoms with E-state index in [9.17, 15) is 30.0 Å². The van der Waals surface area contributed by atoms with Crippen molar-refractivity contribution in [1.82, 2.24) is 5.32 Å². The smallest absolute Gasteiger partial charge is 0.333 e. The number of carboxylic acid groups (broad SMARTS) is 1. The summed E-state index contributed by atoms with van der Waals surface area (Å²) in [6, 6.07) is -0.950. The molecule has 0 aromatic rings. The molecule has 2 aliphatic rings. The van der Waals surface area contributed by atoms with Crippen molar-refractivity contribution in [3.05, 3.63) is 0 Å². The van der Waals surface area contributed by atoms with Crippen LogP contribution in [0.4, 0.5) is 0 Å². The van der Waals surface area contributed by atoms with Crippen molar-refractivity contribution in [2.45, 2.75) is 69.4 Å². The van der Waals surface area contributed by atoms with Gasteiger partial charge in [-0.2, -0.15) is 0 Å². The number of amides is 1. The molecule has 0 bridgehead atoms. The Kier molecular flexibility index (Phi) is 7.51. The fourth-order valence-electron chi connectivity index (χ4n) is 3.32. The molecule has 3 unspecified atom stereocenters. The van der Waals surface area contributed by atoms with Gasteiger partial charge >= 0.3 is 5.97 Å². The van der Waals surface area contributed by atoms with Gasteiger partial charge in [0.1, 0.15) is 24.4 Å². The number of nitrogens with one attached hydrogen (secondary N) is 1. The third kappa shape index (κ3) is 4.93. The second-order valence-electron chi connectivity index (χ2n) is 6.77. The van der Waals surface area contributed by atoms with Crippen LogP contribution in [-0.2, 0) is 28.5 Å². The zero-order valence-corrected chi connectivity index (χ0v) is 15.3. The van der Waals surface area contributed by atoms with Crippen LogP contribution in [0.5, 0.6) is 0 Å². The number of aliphatic hydroxyl groups is 3. The molecule has 2 saturated heterocycles. The fourth-order valence-corrected chi connectivity index (χ4v) is 3.32. The van der Waals surface area contributed by atoms with Crippen molar-refractivity contribution >= 4 is 11.9 Å². The van der Waals surface area contributed by atoms with E-state index in [1.54, 1.807) is 6.92 Å². The van der Waals surface area contributed by atoms with Gasteiger partial charge in [-0.25, -0.2) is 4.79 Å². The number of hydrogen-bond donors (Lipinski definition) is 5. The molecule has 2 fully saturated rings. The summed E-state index contributed by atoms with van der Waals surface area (Å²) < 4.78 is 21.8. The first-order valence-corrected chi connectivity index (χ1v) is 8.65. The third-order valence-corrected chi connectivity index (χ3v) is 4.82. The molecule has 2 rings (SSSR count). The number of carbonyl (C=O) groups is 2. The number of rotatable bonds is 6. The molecule has 9 atom stereocenters. The fraction of sp³-hybridized carbons (Fsp3) is 0.875. The normalized spacial score (nSPS) is 42.5. The summed E-state index contributed by atoms with van der Waals surface area (Å²) in [7, 11) is 1.33. The molecule has 11 heteroatoms. The average Bonchev–Trinajstić information content (AvgIpc) is 2.60. The average molecular weight is 393 g/mol. The summed E-state index contributed by atoms with van der Waals surface area (Å²) in [6.07, 6.45) is -8.03. The van der Waals surface area contributed by atoms with Gasteiger partial charge in [0.2, 0.25) is 5.91 Å². The molecule has 156 valence electrons. The lowest BCUT2D eigenvalue weighted by molar-refractivity contribution is -0.312. The Morgan fingerprint density at radius 3 is 2.44 bits per heavy atom. The van der Waals surface area contributed by atoms with Gasteiger partial charge in [-0.15, -0.1) is 0 Å². The zero-order valence-electron chi connectivity index (χ0n) is 15.3. The van der Waals surface area contributed by atoms with Crippen LogP contribution in [0.25, 0.3) is 0 Å². The molecule has 0 saturated carbocycles. The topological polar surface area (TPSA) is 164 Å². The van der Waals surface area contributed by atoms with E-state index in [1.165, 1.54) is 14.0 Å². The zero-order chi connectivity index (χ0) is 20.3. The van der Waals surface area contributed by atoms with Gasteiger partial charge < -0.3 is 44.7 Å². The van der Waals surface area contributed by atoms with Gasteiger partial charge in [-0.1, -0.05) is 6.92 Å². The maximum atomic E-state index is 11.5. The second-order valence-corrected chi connectivity index (χ2v) is 6.77. The molecule has 2 aliphatic heterocycles. The number of carbonyl (C=O) groups excluding carboxylic acids is 1. The molecule has 5 N–H and O–H groups in total. The summed E-state index contributed by atoms with van der Waals surface area (Å²) in [5.74, 6) is -2.33. The highest BCUT2D eigenvalue weighted by atomic mass is 16.7. The SMILES string of the molecule is CO[C@@H]1OC(CO)[C@@H](O)[C@H](O[C@H]2C[C@@H](O)[C@H](C)C(C(=O)O)O2)C1NC(C)=O. The lowest BCUT2D eigenvalue weighted by atomic mass is 9.92. The van der Waals surface area contributed by atoms with E-state index in [0.717, 1.165) is 0 Å². The molecular weight excluding hydrogens is 366 g/mol. The van der Waals surface area contributed by atoms with E-state index in [2.05, 4.69) is 5.32 Å². The van der Waals surface area contributed by atoms with Crippen molar-refractivity contribution in [2.75, 3.05) is 13.7 Å². The van der Waals surface area contributed by atoms with Crippen molar-refractivity contribution < 1.29 is 49.0 Å². The Labute approximate surface area is 156 Å². The summed E-state index contributed by atoms with van der Waals surface area (Å²) in [5, 5.41) is 41.9. The van der Waals surface area contributed by atoms with E-state index < -0.39 is 73.5 Å². The van der Waals surface area contributed by atoms with E-state index in [4.69, 9.17) is 18.9 Å². The number of hydrogen-bond acceptors (Lipinski definition) is 9. The lowest BCUT2D eigenvalue weighted by Gasteiger charge is -2.46. The Hall–Kier alpha value is -1.34. The van der Waals surface area contributed by atoms with Crippen LogP contribution >= 0.6 is 0 Å². The van der Waals surface area contributed by atoms with Gasteiger partial charge in [0.05, 0.1) is 12.7 Å². The van der Waals surface area contributed by atoms with Crippen molar-refractivity contribution in [2.24, 2.45) is 5.92 Å². The Morgan fingerprint density at radius 1 is 1.26 bits per heavy atom. The van der Waals surface area contributed by atoms with Crippen LogP contribution in [0.1, 0.15) is 20.3 Å². The van der Waals surface area contributed by atoms with Crippen LogP contribution < -0.4 is 5.32 Å². The van der Waals surface area contributed by atoms with Crippen LogP contribution in [0, 0.1) is 5.92 Å². The molecule has 0 spiro atoms. The number of methoxy groups -OCH3 is 1. The van der Waals surface area contributed by atoms with E-state index in [-0.39, 0.29) is 6.42 Å². The first kappa shape index (κ1) is 22.0. The minimum Gasteiger partial charge on any atom is -0.479 e. The molecule has 2 heterocycles. The van der Waals surface area contributed by atoms with Gasteiger partial charge in [0.15, 0.2) is 18.7 Å². The van der Waals surface area contributed by atoms with Crippen LogP contribution in [0.15, 0.2) is 0 Å². The molecule has 27 heavy (non-hydrogen) atoms. The number of aliphatic hydroxyl groups excluding tert-OH is 3. The van der Waals surface area contributed by atoms with Gasteiger partial charge in [0, 0.05) is 26.4 Å². The van der Waals surface area contributed by atoms with Gasteiger partial charge in [-0.3, -0.25) is 4.79 Å². The van der Waals surface area contributed by atoms with Crippen molar-refractivity contribution in [3.63, 3.8) is 0 Å². The van der Waals surface area contributed by atoms with Gasteiger partial charge in [-0.05, 0) is 0 Å². The standard InChI is InChI=1S/C16H27NO10/c1-6-8(20)4-10(26-13(6)15(22)23)27-14-11(17-7(2)19)16(24-3)25-9(5-18)12(14)21/h6,8-14,16,18,20-21H,4-5H2,1-3H3,(H,17,19)(H,22,23)/t6-,8+,9?,10-,11?,12+,13?,14+,16+/m0/s1. The minimum absolute atomic E-state index is 0.0245. The van der Waals surface area contributed by atoms with Crippen LogP contribution in [0.3, 0.4) is 0 Å². The molecule has 0 aromatic carbocycles. The molecule has 0 radical (unpaired) electrons. The molecular formula is C16H27NO10. The first-order valence-electron chi connectivity index (χ1n) is 8.65. The summed E-state index contributed by atoms with van der Waals surface area (Å²) in [4.78, 5) is 22.9. The molecule has 0 aliphatic carbocycles. The maximum absolute atomic E-state index is 11.5. The van der Waals surface area contributed by atoms with E-state index >= 15 is 0 Å². The Balaban J connectivity index is 2.22. The highest BCUT2D eigenvalue weighted by Gasteiger charge is 2.49. The Bertz CT molecular complexity index is 531. The largest absolute Gasteiger partial charge is 0.479 e. The minimum atomic E-state index is -1.36. The van der Waals surface area contributed by atoms with E-state index in [1.807, 2.05) is 0 Å². The van der Waals surface area contributed by atoms with Crippen LogP contribution in [0.2, 0.25) is 0 Å². The molecule has 11 nitrogen and oxygen atoms in total. The third-order valence-electron chi connectivity index (χ3n) is 4.82. The first-order chi connectivity index (χ1) is 12.7. The monoisotopic (exact) mass is 393 g/mol. The van der Waals surface area contributed by atoms with Crippen molar-refractivity contribution in [1.29, 1.82) is 0 Å². The summed E-state index contributed by atoms with van der Waals surface area (Å²) in [5.41, 5.74) is 0. The molecule has 0 aromatic heterocycles. The second kappa shape index (κ2) is 9.24. The predicted octanol–water partition coefficient (Wildman–Crippen LogP) is -2.20. The van der Waals surface area contributed by atoms with Crippen LogP contribution in [-0.4, -0.2) is 95.2 Å². The van der Waals surface area contributed by atoms with Gasteiger partial charge in [0.25, 0.3) is 0 Å². The van der Waals surface area contributed by atoms with E-state index in [0.29, 0.717) is 0 Å².